The molecular formula is C16H31NO2. The quantitative estimate of drug-likeness (QED) is 0.244. The minimum atomic E-state index is -0.290. The highest BCUT2D eigenvalue weighted by Gasteiger charge is 2.16. The second-order valence-electron chi connectivity index (χ2n) is 5.51. The van der Waals surface area contributed by atoms with E-state index in [2.05, 4.69) is 13.5 Å². The van der Waals surface area contributed by atoms with Crippen LogP contribution in [-0.4, -0.2) is 31.2 Å². The number of hydrogen-bond donors (Lipinski definition) is 0. The summed E-state index contributed by atoms with van der Waals surface area (Å²) in [5, 5.41) is 0. The Kier molecular flexibility index (Phi) is 10.6. The highest BCUT2D eigenvalue weighted by molar-refractivity contribution is 5.87. The Morgan fingerprint density at radius 3 is 2.11 bits per heavy atom. The number of esters is 1. The molecule has 0 bridgehead atoms. The first-order chi connectivity index (χ1) is 8.99. The van der Waals surface area contributed by atoms with Crippen LogP contribution < -0.4 is 0 Å². The van der Waals surface area contributed by atoms with Crippen LogP contribution in [0.2, 0.25) is 0 Å². The average molecular weight is 269 g/mol. The molecule has 0 aromatic heterocycles. The first kappa shape index (κ1) is 18.2. The monoisotopic (exact) mass is 269 g/mol. The van der Waals surface area contributed by atoms with Crippen molar-refractivity contribution in [2.75, 3.05) is 14.1 Å². The van der Waals surface area contributed by atoms with Crippen molar-refractivity contribution in [1.82, 2.24) is 4.90 Å². The Hall–Kier alpha value is -0.830. The Morgan fingerprint density at radius 2 is 1.63 bits per heavy atom. The van der Waals surface area contributed by atoms with E-state index in [1.807, 2.05) is 19.0 Å². The van der Waals surface area contributed by atoms with Gasteiger partial charge in [0.1, 0.15) is 0 Å². The summed E-state index contributed by atoms with van der Waals surface area (Å²) in [6.07, 6.45) is 9.70. The third-order valence-electron chi connectivity index (χ3n) is 3.22. The summed E-state index contributed by atoms with van der Waals surface area (Å²) in [5.41, 5.74) is 0.464. The van der Waals surface area contributed by atoms with Crippen LogP contribution in [0.1, 0.15) is 65.2 Å². The minimum Gasteiger partial charge on any atom is -0.443 e. The maximum atomic E-state index is 11.5. The van der Waals surface area contributed by atoms with Gasteiger partial charge in [-0.15, -0.1) is 0 Å². The second kappa shape index (κ2) is 11.0. The summed E-state index contributed by atoms with van der Waals surface area (Å²) in [5.74, 6) is -0.290. The number of rotatable bonds is 11. The van der Waals surface area contributed by atoms with Crippen LogP contribution >= 0.6 is 0 Å². The van der Waals surface area contributed by atoms with E-state index in [4.69, 9.17) is 4.74 Å². The van der Waals surface area contributed by atoms with E-state index in [1.54, 1.807) is 6.92 Å². The van der Waals surface area contributed by atoms with Crippen molar-refractivity contribution in [2.24, 2.45) is 0 Å². The zero-order valence-electron chi connectivity index (χ0n) is 13.2. The van der Waals surface area contributed by atoms with Crippen LogP contribution in [0.5, 0.6) is 0 Å². The topological polar surface area (TPSA) is 29.5 Å². The minimum absolute atomic E-state index is 0.125. The zero-order chi connectivity index (χ0) is 14.7. The summed E-state index contributed by atoms with van der Waals surface area (Å²) < 4.78 is 5.41. The molecule has 3 nitrogen and oxygen atoms in total. The Balaban J connectivity index is 3.77. The fourth-order valence-electron chi connectivity index (χ4n) is 1.92. The molecule has 0 rings (SSSR count). The molecule has 0 saturated heterocycles. The van der Waals surface area contributed by atoms with Gasteiger partial charge in [0.15, 0.2) is 6.23 Å². The van der Waals surface area contributed by atoms with E-state index >= 15 is 0 Å². The highest BCUT2D eigenvalue weighted by atomic mass is 16.6. The van der Waals surface area contributed by atoms with Gasteiger partial charge < -0.3 is 4.74 Å². The van der Waals surface area contributed by atoms with Gasteiger partial charge in [-0.2, -0.15) is 0 Å². The van der Waals surface area contributed by atoms with Gasteiger partial charge in [0.25, 0.3) is 0 Å². The van der Waals surface area contributed by atoms with Crippen LogP contribution in [0.4, 0.5) is 0 Å². The van der Waals surface area contributed by atoms with Gasteiger partial charge in [-0.05, 0) is 33.9 Å². The number of unbranched alkanes of at least 4 members (excludes halogenated alkanes) is 6. The van der Waals surface area contributed by atoms with Crippen LogP contribution in [0.15, 0.2) is 12.2 Å². The third-order valence-corrected chi connectivity index (χ3v) is 3.22. The maximum Gasteiger partial charge on any atom is 0.334 e. The Labute approximate surface area is 119 Å². The molecule has 19 heavy (non-hydrogen) atoms. The molecule has 0 aliphatic rings. The molecule has 0 aromatic rings. The second-order valence-corrected chi connectivity index (χ2v) is 5.51. The van der Waals surface area contributed by atoms with E-state index in [0.29, 0.717) is 5.57 Å². The van der Waals surface area contributed by atoms with Crippen molar-refractivity contribution in [3.8, 4) is 0 Å². The van der Waals surface area contributed by atoms with Gasteiger partial charge >= 0.3 is 5.97 Å². The molecule has 0 radical (unpaired) electrons. The molecule has 0 saturated carbocycles. The number of carbonyl (C=O) groups excluding carboxylic acids is 1. The van der Waals surface area contributed by atoms with E-state index in [1.165, 1.54) is 38.5 Å². The van der Waals surface area contributed by atoms with Crippen molar-refractivity contribution in [3.05, 3.63) is 12.2 Å². The lowest BCUT2D eigenvalue weighted by Crippen LogP contribution is -2.33. The van der Waals surface area contributed by atoms with Crippen molar-refractivity contribution in [1.29, 1.82) is 0 Å². The lowest BCUT2D eigenvalue weighted by molar-refractivity contribution is -0.152. The van der Waals surface area contributed by atoms with E-state index in [9.17, 15) is 4.79 Å². The molecule has 0 amide bonds. The van der Waals surface area contributed by atoms with E-state index in [-0.39, 0.29) is 12.2 Å². The lowest BCUT2D eigenvalue weighted by atomic mass is 10.1. The molecule has 0 aliphatic carbocycles. The van der Waals surface area contributed by atoms with E-state index in [0.717, 1.165) is 12.8 Å². The smallest absolute Gasteiger partial charge is 0.334 e. The van der Waals surface area contributed by atoms with Crippen molar-refractivity contribution in [2.45, 2.75) is 71.4 Å². The van der Waals surface area contributed by atoms with Gasteiger partial charge in [0, 0.05) is 5.57 Å². The molecule has 1 atom stereocenters. The fraction of sp³-hybridized carbons (Fsp3) is 0.812. The molecule has 0 N–H and O–H groups in total. The van der Waals surface area contributed by atoms with Crippen LogP contribution in [0, 0.1) is 0 Å². The van der Waals surface area contributed by atoms with Gasteiger partial charge in [0.05, 0.1) is 0 Å². The van der Waals surface area contributed by atoms with Crippen molar-refractivity contribution >= 4 is 5.97 Å². The Morgan fingerprint density at radius 1 is 1.11 bits per heavy atom. The zero-order valence-corrected chi connectivity index (χ0v) is 13.2. The van der Waals surface area contributed by atoms with Gasteiger partial charge in [0.2, 0.25) is 0 Å². The van der Waals surface area contributed by atoms with Gasteiger partial charge in [-0.25, -0.2) is 4.79 Å². The molecular weight excluding hydrogens is 238 g/mol. The number of carbonyl (C=O) groups is 1. The van der Waals surface area contributed by atoms with Crippen molar-refractivity contribution < 1.29 is 9.53 Å². The summed E-state index contributed by atoms with van der Waals surface area (Å²) in [6.45, 7) is 7.53. The van der Waals surface area contributed by atoms with E-state index < -0.39 is 0 Å². The summed E-state index contributed by atoms with van der Waals surface area (Å²) in [7, 11) is 3.88. The standard InChI is InChI=1S/C16H31NO2/c1-6-7-8-9-10-11-12-13-15(17(4)5)19-16(18)14(2)3/h15H,2,6-13H2,1,3-5H3. The van der Waals surface area contributed by atoms with Crippen molar-refractivity contribution in [3.63, 3.8) is 0 Å². The van der Waals surface area contributed by atoms with Crippen LogP contribution in [0.3, 0.4) is 0 Å². The average Bonchev–Trinajstić information content (AvgIpc) is 2.35. The third kappa shape index (κ3) is 9.71. The Bertz CT molecular complexity index is 261. The molecule has 1 unspecified atom stereocenters. The SMILES string of the molecule is C=C(C)C(=O)OC(CCCCCCCCC)N(C)C. The summed E-state index contributed by atoms with van der Waals surface area (Å²) in [6, 6.07) is 0. The highest BCUT2D eigenvalue weighted by Crippen LogP contribution is 2.13. The molecule has 0 aromatic carbocycles. The number of hydrogen-bond acceptors (Lipinski definition) is 3. The molecule has 0 fully saturated rings. The summed E-state index contributed by atoms with van der Waals surface area (Å²) in [4.78, 5) is 13.5. The molecule has 112 valence electrons. The predicted molar refractivity (Wildman–Crippen MR) is 81.0 cm³/mol. The number of ether oxygens (including phenoxy) is 1. The van der Waals surface area contributed by atoms with Gasteiger partial charge in [-0.3, -0.25) is 4.90 Å². The number of nitrogens with zero attached hydrogens (tertiary/aromatic N) is 1. The van der Waals surface area contributed by atoms with Gasteiger partial charge in [-0.1, -0.05) is 52.0 Å². The molecule has 0 heterocycles. The predicted octanol–water partition coefficient (Wildman–Crippen LogP) is 4.13. The summed E-state index contributed by atoms with van der Waals surface area (Å²) >= 11 is 0. The van der Waals surface area contributed by atoms with Crippen LogP contribution in [-0.2, 0) is 9.53 Å². The fourth-order valence-corrected chi connectivity index (χ4v) is 1.92. The lowest BCUT2D eigenvalue weighted by Gasteiger charge is -2.24. The largest absolute Gasteiger partial charge is 0.443 e. The molecule has 0 aliphatic heterocycles. The first-order valence-electron chi connectivity index (χ1n) is 7.52. The molecule has 3 heteroatoms. The normalized spacial score (nSPS) is 12.5. The molecule has 0 spiro atoms. The first-order valence-corrected chi connectivity index (χ1v) is 7.52. The maximum absolute atomic E-state index is 11.5. The van der Waals surface area contributed by atoms with Crippen LogP contribution in [0.25, 0.3) is 0 Å².